The van der Waals surface area contributed by atoms with Crippen LogP contribution >= 0.6 is 11.6 Å². The van der Waals surface area contributed by atoms with Gasteiger partial charge in [0.25, 0.3) is 0 Å². The van der Waals surface area contributed by atoms with Crippen LogP contribution in [0.2, 0.25) is 0 Å². The first kappa shape index (κ1) is 12.3. The average molecular weight is 228 g/mol. The van der Waals surface area contributed by atoms with Gasteiger partial charge in [-0.3, -0.25) is 0 Å². The van der Waals surface area contributed by atoms with Gasteiger partial charge in [0.05, 0.1) is 11.1 Å². The van der Waals surface area contributed by atoms with E-state index in [0.717, 1.165) is 19.3 Å². The first-order valence-electron chi connectivity index (χ1n) is 5.53. The molecule has 2 nitrogen and oxygen atoms in total. The van der Waals surface area contributed by atoms with Crippen molar-refractivity contribution in [2.24, 2.45) is 5.16 Å². The van der Waals surface area contributed by atoms with E-state index in [1.165, 1.54) is 19.3 Å². The molecule has 0 bridgehead atoms. The molecule has 0 aromatic rings. The van der Waals surface area contributed by atoms with E-state index < -0.39 is 0 Å². The van der Waals surface area contributed by atoms with Gasteiger partial charge >= 0.3 is 0 Å². The molecular formula is C12H18ClNO. The minimum absolute atomic E-state index is 0.279. The van der Waals surface area contributed by atoms with Gasteiger partial charge in [0, 0.05) is 0 Å². The van der Waals surface area contributed by atoms with E-state index in [1.807, 2.05) is 18.2 Å². The third kappa shape index (κ3) is 5.03. The SMILES string of the molecule is ON=C1CCCCCCC=CC=CC1Cl. The van der Waals surface area contributed by atoms with E-state index >= 15 is 0 Å². The highest BCUT2D eigenvalue weighted by Crippen LogP contribution is 2.12. The third-order valence-corrected chi connectivity index (χ3v) is 2.93. The van der Waals surface area contributed by atoms with Crippen molar-refractivity contribution in [2.45, 2.75) is 43.9 Å². The summed E-state index contributed by atoms with van der Waals surface area (Å²) in [5, 5.41) is 11.8. The Hall–Kier alpha value is -0.760. The van der Waals surface area contributed by atoms with Gasteiger partial charge < -0.3 is 5.21 Å². The second kappa shape index (κ2) is 7.52. The van der Waals surface area contributed by atoms with Crippen molar-refractivity contribution in [3.63, 3.8) is 0 Å². The van der Waals surface area contributed by atoms with Crippen molar-refractivity contribution in [2.75, 3.05) is 0 Å². The van der Waals surface area contributed by atoms with E-state index in [1.54, 1.807) is 0 Å². The lowest BCUT2D eigenvalue weighted by Crippen LogP contribution is -2.12. The molecule has 1 N–H and O–H groups in total. The van der Waals surface area contributed by atoms with Gasteiger partial charge in [-0.1, -0.05) is 42.3 Å². The third-order valence-electron chi connectivity index (χ3n) is 2.53. The molecule has 0 aromatic carbocycles. The van der Waals surface area contributed by atoms with Crippen LogP contribution < -0.4 is 0 Å². The minimum atomic E-state index is -0.279. The number of alkyl halides is 1. The summed E-state index contributed by atoms with van der Waals surface area (Å²) in [6.45, 7) is 0. The van der Waals surface area contributed by atoms with Gasteiger partial charge in [-0.15, -0.1) is 11.6 Å². The van der Waals surface area contributed by atoms with Crippen molar-refractivity contribution in [3.8, 4) is 0 Å². The molecule has 84 valence electrons. The second-order valence-corrected chi connectivity index (χ2v) is 4.23. The average Bonchev–Trinajstić information content (AvgIpc) is 2.23. The predicted octanol–water partition coefficient (Wildman–Crippen LogP) is 3.89. The van der Waals surface area contributed by atoms with Crippen LogP contribution in [0.15, 0.2) is 29.5 Å². The summed E-state index contributed by atoms with van der Waals surface area (Å²) < 4.78 is 0. The van der Waals surface area contributed by atoms with Gasteiger partial charge in [-0.05, 0) is 25.7 Å². The molecule has 15 heavy (non-hydrogen) atoms. The molecule has 0 amide bonds. The lowest BCUT2D eigenvalue weighted by molar-refractivity contribution is 0.316. The Balaban J connectivity index is 2.59. The molecule has 1 unspecified atom stereocenters. The Morgan fingerprint density at radius 1 is 1.20 bits per heavy atom. The zero-order valence-electron chi connectivity index (χ0n) is 8.90. The number of rotatable bonds is 0. The van der Waals surface area contributed by atoms with Crippen LogP contribution in [0, 0.1) is 0 Å². The van der Waals surface area contributed by atoms with E-state index in [-0.39, 0.29) is 5.38 Å². The molecule has 1 aliphatic rings. The molecule has 0 fully saturated rings. The Morgan fingerprint density at radius 2 is 2.00 bits per heavy atom. The quantitative estimate of drug-likeness (QED) is 0.380. The fourth-order valence-corrected chi connectivity index (χ4v) is 1.85. The number of oxime groups is 1. The van der Waals surface area contributed by atoms with E-state index in [9.17, 15) is 0 Å². The Labute approximate surface area is 96.3 Å². The van der Waals surface area contributed by atoms with Crippen LogP contribution in [-0.4, -0.2) is 16.3 Å². The zero-order chi connectivity index (χ0) is 10.9. The highest BCUT2D eigenvalue weighted by atomic mass is 35.5. The van der Waals surface area contributed by atoms with Crippen molar-refractivity contribution < 1.29 is 5.21 Å². The number of halogens is 1. The number of allylic oxidation sites excluding steroid dienone is 4. The first-order chi connectivity index (χ1) is 7.34. The summed E-state index contributed by atoms with van der Waals surface area (Å²) in [6, 6.07) is 0. The monoisotopic (exact) mass is 227 g/mol. The molecule has 1 aliphatic carbocycles. The summed E-state index contributed by atoms with van der Waals surface area (Å²) >= 11 is 6.07. The maximum atomic E-state index is 8.82. The summed E-state index contributed by atoms with van der Waals surface area (Å²) in [5.41, 5.74) is 0.668. The maximum absolute atomic E-state index is 8.82. The van der Waals surface area contributed by atoms with Crippen LogP contribution in [0.25, 0.3) is 0 Å². The molecule has 1 rings (SSSR count). The number of nitrogens with zero attached hydrogens (tertiary/aromatic N) is 1. The Bertz CT molecular complexity index is 258. The maximum Gasteiger partial charge on any atom is 0.0934 e. The largest absolute Gasteiger partial charge is 0.411 e. The predicted molar refractivity (Wildman–Crippen MR) is 64.8 cm³/mol. The van der Waals surface area contributed by atoms with Crippen LogP contribution in [-0.2, 0) is 0 Å². The van der Waals surface area contributed by atoms with Crippen molar-refractivity contribution in [1.29, 1.82) is 0 Å². The molecule has 0 aliphatic heterocycles. The van der Waals surface area contributed by atoms with Crippen molar-refractivity contribution in [3.05, 3.63) is 24.3 Å². The summed E-state index contributed by atoms with van der Waals surface area (Å²) in [7, 11) is 0. The van der Waals surface area contributed by atoms with Gasteiger partial charge in [0.2, 0.25) is 0 Å². The van der Waals surface area contributed by atoms with Crippen LogP contribution in [0.3, 0.4) is 0 Å². The number of hydrogen-bond donors (Lipinski definition) is 1. The molecule has 0 aromatic heterocycles. The van der Waals surface area contributed by atoms with Crippen molar-refractivity contribution in [1.82, 2.24) is 0 Å². The standard InChI is InChI=1S/C12H18ClNO/c13-11-9-7-5-3-1-2-4-6-8-10-12(11)14-15/h3,5,7,9,11,15H,1-2,4,6,8,10H2. The molecule has 0 heterocycles. The summed E-state index contributed by atoms with van der Waals surface area (Å²) in [5.74, 6) is 0. The van der Waals surface area contributed by atoms with Crippen molar-refractivity contribution >= 4 is 17.3 Å². The fourth-order valence-electron chi connectivity index (χ4n) is 1.61. The van der Waals surface area contributed by atoms with E-state index in [2.05, 4.69) is 11.2 Å². The molecule has 1 atom stereocenters. The molecule has 0 saturated carbocycles. The van der Waals surface area contributed by atoms with Gasteiger partial charge in [0.15, 0.2) is 0 Å². The topological polar surface area (TPSA) is 32.6 Å². The first-order valence-corrected chi connectivity index (χ1v) is 5.96. The lowest BCUT2D eigenvalue weighted by atomic mass is 10.1. The van der Waals surface area contributed by atoms with Crippen LogP contribution in [0.4, 0.5) is 0 Å². The Morgan fingerprint density at radius 3 is 2.80 bits per heavy atom. The summed E-state index contributed by atoms with van der Waals surface area (Å²) in [6.07, 6.45) is 14.6. The van der Waals surface area contributed by atoms with Gasteiger partial charge in [-0.25, -0.2) is 0 Å². The highest BCUT2D eigenvalue weighted by molar-refractivity contribution is 6.33. The van der Waals surface area contributed by atoms with Crippen LogP contribution in [0.1, 0.15) is 38.5 Å². The smallest absolute Gasteiger partial charge is 0.0934 e. The van der Waals surface area contributed by atoms with Gasteiger partial charge in [-0.2, -0.15) is 0 Å². The van der Waals surface area contributed by atoms with Crippen LogP contribution in [0.5, 0.6) is 0 Å². The fraction of sp³-hybridized carbons (Fsp3) is 0.583. The molecule has 0 saturated heterocycles. The van der Waals surface area contributed by atoms with E-state index in [4.69, 9.17) is 16.8 Å². The summed E-state index contributed by atoms with van der Waals surface area (Å²) in [4.78, 5) is 0. The normalized spacial score (nSPS) is 27.3. The lowest BCUT2D eigenvalue weighted by Gasteiger charge is -2.07. The molecule has 0 spiro atoms. The molecule has 3 heteroatoms. The van der Waals surface area contributed by atoms with Gasteiger partial charge in [0.1, 0.15) is 0 Å². The molecule has 0 radical (unpaired) electrons. The second-order valence-electron chi connectivity index (χ2n) is 3.76. The number of hydrogen-bond acceptors (Lipinski definition) is 2. The highest BCUT2D eigenvalue weighted by Gasteiger charge is 2.09. The Kier molecular flexibility index (Phi) is 6.17. The minimum Gasteiger partial charge on any atom is -0.411 e. The molecular weight excluding hydrogens is 210 g/mol. The zero-order valence-corrected chi connectivity index (χ0v) is 9.66. The van der Waals surface area contributed by atoms with E-state index in [0.29, 0.717) is 5.71 Å².